The fourth-order valence-electron chi connectivity index (χ4n) is 1.68. The van der Waals surface area contributed by atoms with Gasteiger partial charge in [0, 0.05) is 19.5 Å². The smallest absolute Gasteiger partial charge is 0.0958 e. The average Bonchev–Trinajstić information content (AvgIpc) is 2.72. The van der Waals surface area contributed by atoms with E-state index in [1.54, 1.807) is 11.3 Å². The number of thiophene rings is 1. The number of nitrogens with zero attached hydrogens (tertiary/aromatic N) is 1. The van der Waals surface area contributed by atoms with Crippen LogP contribution in [0.4, 0.5) is 0 Å². The summed E-state index contributed by atoms with van der Waals surface area (Å²) >= 11 is 1.75. The van der Waals surface area contributed by atoms with Crippen LogP contribution in [-0.2, 0) is 6.42 Å². The molecule has 0 saturated carbocycles. The zero-order valence-electron chi connectivity index (χ0n) is 7.62. The Morgan fingerprint density at radius 3 is 3.08 bits per heavy atom. The Morgan fingerprint density at radius 1 is 1.54 bits per heavy atom. The number of likely N-dealkylation sites (tertiary alicyclic amines) is 1. The predicted molar refractivity (Wildman–Crippen MR) is 56.6 cm³/mol. The van der Waals surface area contributed by atoms with E-state index in [1.165, 1.54) is 12.0 Å². The van der Waals surface area contributed by atoms with Crippen molar-refractivity contribution >= 4 is 17.2 Å². The van der Waals surface area contributed by atoms with Crippen LogP contribution < -0.4 is 0 Å². The molecule has 0 spiro atoms. The fraction of sp³-hybridized carbons (Fsp3) is 0.500. The largest absolute Gasteiger partial charge is 0.360 e. The summed E-state index contributed by atoms with van der Waals surface area (Å²) in [6.07, 6.45) is 3.23. The number of amidine groups is 1. The minimum Gasteiger partial charge on any atom is -0.360 e. The molecule has 3 heteroatoms. The maximum absolute atomic E-state index is 7.66. The Hall–Kier alpha value is -0.830. The number of rotatable bonds is 3. The molecule has 0 bridgehead atoms. The van der Waals surface area contributed by atoms with E-state index in [0.29, 0.717) is 0 Å². The summed E-state index contributed by atoms with van der Waals surface area (Å²) in [6, 6.07) is 2.17. The molecule has 1 aliphatic heterocycles. The van der Waals surface area contributed by atoms with Gasteiger partial charge in [-0.2, -0.15) is 11.3 Å². The number of hydrogen-bond acceptors (Lipinski definition) is 2. The van der Waals surface area contributed by atoms with Gasteiger partial charge in [-0.05, 0) is 35.2 Å². The fourth-order valence-corrected chi connectivity index (χ4v) is 2.38. The van der Waals surface area contributed by atoms with Crippen molar-refractivity contribution in [3.63, 3.8) is 0 Å². The van der Waals surface area contributed by atoms with Crippen molar-refractivity contribution in [3.8, 4) is 0 Å². The highest BCUT2D eigenvalue weighted by Crippen LogP contribution is 2.12. The molecule has 1 fully saturated rings. The molecule has 1 N–H and O–H groups in total. The zero-order valence-corrected chi connectivity index (χ0v) is 8.44. The minimum atomic E-state index is 0.829. The average molecular weight is 194 g/mol. The third-order valence-electron chi connectivity index (χ3n) is 2.47. The molecule has 2 rings (SSSR count). The molecule has 0 atom stereocenters. The van der Waals surface area contributed by atoms with Crippen molar-refractivity contribution in [3.05, 3.63) is 22.4 Å². The highest BCUT2D eigenvalue weighted by molar-refractivity contribution is 7.07. The molecule has 0 amide bonds. The summed E-state index contributed by atoms with van der Waals surface area (Å²) in [7, 11) is 0. The first-order chi connectivity index (χ1) is 6.36. The Bertz CT molecular complexity index is 279. The second-order valence-corrected chi connectivity index (χ2v) is 4.20. The van der Waals surface area contributed by atoms with Gasteiger partial charge in [0.15, 0.2) is 0 Å². The van der Waals surface area contributed by atoms with Crippen LogP contribution in [0, 0.1) is 5.41 Å². The van der Waals surface area contributed by atoms with Crippen molar-refractivity contribution in [2.45, 2.75) is 19.3 Å². The molecule has 1 aliphatic rings. The van der Waals surface area contributed by atoms with Gasteiger partial charge < -0.3 is 4.90 Å². The second-order valence-electron chi connectivity index (χ2n) is 3.42. The highest BCUT2D eigenvalue weighted by Gasteiger charge is 2.15. The van der Waals surface area contributed by atoms with Gasteiger partial charge in [0.1, 0.15) is 0 Å². The molecule has 0 aromatic carbocycles. The first-order valence-corrected chi connectivity index (χ1v) is 5.64. The van der Waals surface area contributed by atoms with Crippen LogP contribution in [0.2, 0.25) is 0 Å². The molecule has 1 aromatic rings. The van der Waals surface area contributed by atoms with E-state index in [1.807, 2.05) is 0 Å². The molecule has 2 nitrogen and oxygen atoms in total. The minimum absolute atomic E-state index is 0.829. The lowest BCUT2D eigenvalue weighted by molar-refractivity contribution is 0.455. The van der Waals surface area contributed by atoms with Gasteiger partial charge in [-0.25, -0.2) is 0 Å². The summed E-state index contributed by atoms with van der Waals surface area (Å²) in [5.74, 6) is 0.829. The standard InChI is InChI=1S/C10H14N2S/c11-10-2-1-5-12(10)6-3-9-4-7-13-8-9/h4,7-8,11H,1-3,5-6H2. The number of nitrogens with one attached hydrogen (secondary N) is 1. The van der Waals surface area contributed by atoms with Gasteiger partial charge in [-0.1, -0.05) is 0 Å². The lowest BCUT2D eigenvalue weighted by Gasteiger charge is -2.16. The molecular formula is C10H14N2S. The molecular weight excluding hydrogens is 180 g/mol. The van der Waals surface area contributed by atoms with E-state index in [9.17, 15) is 0 Å². The van der Waals surface area contributed by atoms with E-state index in [2.05, 4.69) is 21.7 Å². The number of hydrogen-bond donors (Lipinski definition) is 1. The highest BCUT2D eigenvalue weighted by atomic mass is 32.1. The van der Waals surface area contributed by atoms with Crippen molar-refractivity contribution in [1.29, 1.82) is 5.41 Å². The molecule has 13 heavy (non-hydrogen) atoms. The molecule has 2 heterocycles. The van der Waals surface area contributed by atoms with E-state index in [0.717, 1.165) is 31.8 Å². The van der Waals surface area contributed by atoms with Crippen LogP contribution in [0.5, 0.6) is 0 Å². The zero-order chi connectivity index (χ0) is 9.10. The molecule has 1 saturated heterocycles. The topological polar surface area (TPSA) is 27.1 Å². The monoisotopic (exact) mass is 194 g/mol. The quantitative estimate of drug-likeness (QED) is 0.785. The van der Waals surface area contributed by atoms with Crippen molar-refractivity contribution in [1.82, 2.24) is 4.90 Å². The van der Waals surface area contributed by atoms with Crippen molar-refractivity contribution < 1.29 is 0 Å². The van der Waals surface area contributed by atoms with Crippen LogP contribution >= 0.6 is 11.3 Å². The third kappa shape index (κ3) is 2.10. The van der Waals surface area contributed by atoms with Crippen molar-refractivity contribution in [2.75, 3.05) is 13.1 Å². The van der Waals surface area contributed by atoms with Gasteiger partial charge in [-0.15, -0.1) is 0 Å². The lowest BCUT2D eigenvalue weighted by atomic mass is 10.2. The van der Waals surface area contributed by atoms with E-state index in [4.69, 9.17) is 5.41 Å². The first-order valence-electron chi connectivity index (χ1n) is 4.70. The molecule has 70 valence electrons. The summed E-state index contributed by atoms with van der Waals surface area (Å²) in [5.41, 5.74) is 1.41. The Kier molecular flexibility index (Phi) is 2.64. The maximum atomic E-state index is 7.66. The van der Waals surface area contributed by atoms with Gasteiger partial charge in [0.25, 0.3) is 0 Å². The molecule has 0 unspecified atom stereocenters. The SMILES string of the molecule is N=C1CCCN1CCc1ccsc1. The van der Waals surface area contributed by atoms with Gasteiger partial charge in [0.05, 0.1) is 5.84 Å². The van der Waals surface area contributed by atoms with E-state index in [-0.39, 0.29) is 0 Å². The Balaban J connectivity index is 1.82. The van der Waals surface area contributed by atoms with E-state index < -0.39 is 0 Å². The molecule has 1 aromatic heterocycles. The molecule has 0 aliphatic carbocycles. The van der Waals surface area contributed by atoms with Crippen LogP contribution in [0.15, 0.2) is 16.8 Å². The summed E-state index contributed by atoms with van der Waals surface area (Å²) < 4.78 is 0. The third-order valence-corrected chi connectivity index (χ3v) is 3.21. The van der Waals surface area contributed by atoms with E-state index >= 15 is 0 Å². The van der Waals surface area contributed by atoms with Gasteiger partial charge in [-0.3, -0.25) is 5.41 Å². The Labute approximate surface area is 82.7 Å². The molecule has 0 radical (unpaired) electrons. The summed E-state index contributed by atoms with van der Waals surface area (Å²) in [6.45, 7) is 2.11. The van der Waals surface area contributed by atoms with Crippen LogP contribution in [0.3, 0.4) is 0 Å². The van der Waals surface area contributed by atoms with Gasteiger partial charge in [0.2, 0.25) is 0 Å². The van der Waals surface area contributed by atoms with Crippen molar-refractivity contribution in [2.24, 2.45) is 0 Å². The lowest BCUT2D eigenvalue weighted by Crippen LogP contribution is -2.26. The van der Waals surface area contributed by atoms with Crippen LogP contribution in [0.1, 0.15) is 18.4 Å². The normalized spacial score (nSPS) is 16.9. The predicted octanol–water partition coefficient (Wildman–Crippen LogP) is 2.36. The van der Waals surface area contributed by atoms with Gasteiger partial charge >= 0.3 is 0 Å². The Morgan fingerprint density at radius 2 is 2.46 bits per heavy atom. The van der Waals surface area contributed by atoms with Crippen LogP contribution in [0.25, 0.3) is 0 Å². The second kappa shape index (κ2) is 3.92. The summed E-state index contributed by atoms with van der Waals surface area (Å²) in [4.78, 5) is 2.19. The first kappa shape index (κ1) is 8.75. The summed E-state index contributed by atoms with van der Waals surface area (Å²) in [5, 5.41) is 12.0. The maximum Gasteiger partial charge on any atom is 0.0958 e. The van der Waals surface area contributed by atoms with Crippen LogP contribution in [-0.4, -0.2) is 23.8 Å².